The summed E-state index contributed by atoms with van der Waals surface area (Å²) in [5.74, 6) is 1.24. The largest absolute Gasteiger partial charge is 0.491 e. The predicted octanol–water partition coefficient (Wildman–Crippen LogP) is 7.06. The summed E-state index contributed by atoms with van der Waals surface area (Å²) in [6.45, 7) is 7.83. The summed E-state index contributed by atoms with van der Waals surface area (Å²) in [6, 6.07) is 23.1. The van der Waals surface area contributed by atoms with E-state index in [-0.39, 0.29) is 24.1 Å². The van der Waals surface area contributed by atoms with Crippen molar-refractivity contribution in [3.63, 3.8) is 0 Å². The second-order valence-corrected chi connectivity index (χ2v) is 12.6. The number of rotatable bonds is 10. The summed E-state index contributed by atoms with van der Waals surface area (Å²) in [5, 5.41) is 3.60. The number of nitrogens with one attached hydrogen (secondary N) is 1. The Bertz CT molecular complexity index is 1950. The third-order valence-electron chi connectivity index (χ3n) is 8.54. The van der Waals surface area contributed by atoms with E-state index < -0.39 is 17.6 Å². The van der Waals surface area contributed by atoms with Crippen molar-refractivity contribution in [3.05, 3.63) is 119 Å². The molecule has 50 heavy (non-hydrogen) atoms. The van der Waals surface area contributed by atoms with Crippen LogP contribution in [0.15, 0.2) is 91.1 Å². The van der Waals surface area contributed by atoms with Crippen LogP contribution in [0.25, 0.3) is 10.9 Å². The lowest BCUT2D eigenvalue weighted by Crippen LogP contribution is -2.48. The highest BCUT2D eigenvalue weighted by Crippen LogP contribution is 2.30. The second kappa shape index (κ2) is 14.6. The van der Waals surface area contributed by atoms with Gasteiger partial charge in [-0.05, 0) is 79.6 Å². The summed E-state index contributed by atoms with van der Waals surface area (Å²) >= 11 is 0. The third kappa shape index (κ3) is 8.25. The van der Waals surface area contributed by atoms with Crippen molar-refractivity contribution in [1.29, 1.82) is 0 Å². The lowest BCUT2D eigenvalue weighted by molar-refractivity contribution is -0.137. The Hall–Kier alpha value is -5.36. The van der Waals surface area contributed by atoms with Crippen LogP contribution in [0.1, 0.15) is 51.4 Å². The Balaban J connectivity index is 1.01. The minimum atomic E-state index is -4.46. The normalized spacial score (nSPS) is 13.9. The van der Waals surface area contributed by atoms with Crippen molar-refractivity contribution in [2.75, 3.05) is 26.2 Å². The lowest BCUT2D eigenvalue weighted by Gasteiger charge is -2.34. The molecule has 0 radical (unpaired) electrons. The van der Waals surface area contributed by atoms with Crippen LogP contribution >= 0.6 is 0 Å². The molecule has 0 atom stereocenters. The smallest absolute Gasteiger partial charge is 0.416 e. The van der Waals surface area contributed by atoms with Crippen LogP contribution in [-0.2, 0) is 26.3 Å². The Labute approximate surface area is 288 Å². The number of hydrogen-bond donors (Lipinski definition) is 1. The van der Waals surface area contributed by atoms with Gasteiger partial charge in [0.25, 0.3) is 11.8 Å². The van der Waals surface area contributed by atoms with Crippen molar-refractivity contribution in [2.24, 2.45) is 7.05 Å². The maximum atomic E-state index is 13.6. The number of halogens is 3. The minimum Gasteiger partial charge on any atom is -0.491 e. The fraction of sp³-hybridized carbons (Fsp3) is 0.289. The molecule has 9 nitrogen and oxygen atoms in total. The SMILES string of the molecule is CC(C)Oc1ccc(CN2CCN(C(=O)c3cc4ccc(Oc5ccc(CNC(=O)c6ccc(C(F)(F)F)cc6)cn5)cc4n3C)CC2)cc1. The highest BCUT2D eigenvalue weighted by atomic mass is 19.4. The molecule has 0 saturated carbocycles. The zero-order valence-electron chi connectivity index (χ0n) is 28.0. The first-order valence-electron chi connectivity index (χ1n) is 16.4. The molecule has 1 aliphatic heterocycles. The van der Waals surface area contributed by atoms with Crippen LogP contribution in [0.4, 0.5) is 13.2 Å². The minimum absolute atomic E-state index is 0.0105. The summed E-state index contributed by atoms with van der Waals surface area (Å²) < 4.78 is 52.0. The maximum absolute atomic E-state index is 13.6. The standard InChI is InChI=1S/C38H38F3N5O4/c1-25(2)49-31-12-4-26(5-13-31)24-45-16-18-46(19-17-45)37(48)34-20-29-9-14-32(21-33(29)44(34)3)50-35-15-6-27(22-42-35)23-43-36(47)28-7-10-30(11-8-28)38(39,40)41/h4-15,20-22,25H,16-19,23-24H2,1-3H3,(H,43,47). The van der Waals surface area contributed by atoms with Crippen LogP contribution < -0.4 is 14.8 Å². The average Bonchev–Trinajstić information content (AvgIpc) is 3.43. The molecular formula is C38H38F3N5O4. The molecule has 3 aromatic carbocycles. The van der Waals surface area contributed by atoms with E-state index in [1.54, 1.807) is 18.3 Å². The van der Waals surface area contributed by atoms with E-state index in [0.29, 0.717) is 36.0 Å². The number of aromatic nitrogens is 2. The molecule has 3 heterocycles. The molecule has 2 amide bonds. The van der Waals surface area contributed by atoms with Crippen LogP contribution in [0.5, 0.6) is 17.4 Å². The van der Waals surface area contributed by atoms with Crippen LogP contribution in [0.2, 0.25) is 0 Å². The number of piperazine rings is 1. The summed E-state index contributed by atoms with van der Waals surface area (Å²) in [4.78, 5) is 34.6. The molecular weight excluding hydrogens is 647 g/mol. The van der Waals surface area contributed by atoms with Gasteiger partial charge in [-0.15, -0.1) is 0 Å². The van der Waals surface area contributed by atoms with Gasteiger partial charge in [0.1, 0.15) is 17.2 Å². The first-order valence-corrected chi connectivity index (χ1v) is 16.4. The number of carbonyl (C=O) groups is 2. The molecule has 1 saturated heterocycles. The van der Waals surface area contributed by atoms with Crippen LogP contribution in [0.3, 0.4) is 0 Å². The highest BCUT2D eigenvalue weighted by Gasteiger charge is 2.30. The summed E-state index contributed by atoms with van der Waals surface area (Å²) in [7, 11) is 1.87. The van der Waals surface area contributed by atoms with E-state index in [2.05, 4.69) is 27.3 Å². The number of benzene rings is 3. The van der Waals surface area contributed by atoms with Crippen molar-refractivity contribution < 1.29 is 32.2 Å². The average molecular weight is 686 g/mol. The fourth-order valence-electron chi connectivity index (χ4n) is 5.85. The van der Waals surface area contributed by atoms with Gasteiger partial charge < -0.3 is 24.3 Å². The first-order chi connectivity index (χ1) is 23.9. The number of aryl methyl sites for hydroxylation is 1. The van der Waals surface area contributed by atoms with Gasteiger partial charge in [-0.25, -0.2) is 4.98 Å². The third-order valence-corrected chi connectivity index (χ3v) is 8.54. The quantitative estimate of drug-likeness (QED) is 0.169. The van der Waals surface area contributed by atoms with Crippen molar-refractivity contribution in [3.8, 4) is 17.4 Å². The van der Waals surface area contributed by atoms with E-state index in [9.17, 15) is 22.8 Å². The molecule has 0 spiro atoms. The predicted molar refractivity (Wildman–Crippen MR) is 183 cm³/mol. The van der Waals surface area contributed by atoms with Gasteiger partial charge in [0.05, 0.1) is 17.2 Å². The van der Waals surface area contributed by atoms with Gasteiger partial charge in [-0.2, -0.15) is 13.2 Å². The number of amides is 2. The molecule has 5 aromatic rings. The van der Waals surface area contributed by atoms with Crippen LogP contribution in [0, 0.1) is 0 Å². The van der Waals surface area contributed by atoms with E-state index in [0.717, 1.165) is 60.6 Å². The number of nitrogens with zero attached hydrogens (tertiary/aromatic N) is 4. The molecule has 12 heteroatoms. The Morgan fingerprint density at radius 3 is 2.18 bits per heavy atom. The molecule has 0 aliphatic carbocycles. The van der Waals surface area contributed by atoms with Gasteiger partial charge in [-0.3, -0.25) is 14.5 Å². The Kier molecular flexibility index (Phi) is 10.1. The Morgan fingerprint density at radius 1 is 0.860 bits per heavy atom. The molecule has 1 fully saturated rings. The van der Waals surface area contributed by atoms with Gasteiger partial charge in [0, 0.05) is 75.6 Å². The molecule has 1 N–H and O–H groups in total. The monoisotopic (exact) mass is 685 g/mol. The lowest BCUT2D eigenvalue weighted by atomic mass is 10.1. The molecule has 260 valence electrons. The van der Waals surface area contributed by atoms with Crippen molar-refractivity contribution in [2.45, 2.75) is 39.2 Å². The van der Waals surface area contributed by atoms with E-state index in [4.69, 9.17) is 9.47 Å². The van der Waals surface area contributed by atoms with E-state index in [1.165, 1.54) is 5.56 Å². The maximum Gasteiger partial charge on any atom is 0.416 e. The summed E-state index contributed by atoms with van der Waals surface area (Å²) in [6.07, 6.45) is -2.77. The molecule has 0 unspecified atom stereocenters. The number of alkyl halides is 3. The van der Waals surface area contributed by atoms with Crippen LogP contribution in [-0.4, -0.2) is 63.4 Å². The van der Waals surface area contributed by atoms with Gasteiger partial charge in [0.2, 0.25) is 5.88 Å². The molecule has 1 aliphatic rings. The van der Waals surface area contributed by atoms with Gasteiger partial charge >= 0.3 is 6.18 Å². The first kappa shape index (κ1) is 34.5. The zero-order valence-corrected chi connectivity index (χ0v) is 28.0. The highest BCUT2D eigenvalue weighted by molar-refractivity contribution is 5.99. The van der Waals surface area contributed by atoms with Gasteiger partial charge in [0.15, 0.2) is 0 Å². The molecule has 2 aromatic heterocycles. The van der Waals surface area contributed by atoms with Crippen molar-refractivity contribution in [1.82, 2.24) is 24.7 Å². The fourth-order valence-corrected chi connectivity index (χ4v) is 5.85. The van der Waals surface area contributed by atoms with E-state index >= 15 is 0 Å². The zero-order chi connectivity index (χ0) is 35.4. The topological polar surface area (TPSA) is 88.9 Å². The molecule has 0 bridgehead atoms. The number of fused-ring (bicyclic) bond motifs is 1. The number of ether oxygens (including phenoxy) is 2. The molecule has 6 rings (SSSR count). The number of hydrogen-bond acceptors (Lipinski definition) is 6. The Morgan fingerprint density at radius 2 is 1.54 bits per heavy atom. The summed E-state index contributed by atoms with van der Waals surface area (Å²) in [5.41, 5.74) is 2.65. The number of carbonyl (C=O) groups excluding carboxylic acids is 2. The van der Waals surface area contributed by atoms with Gasteiger partial charge in [-0.1, -0.05) is 18.2 Å². The van der Waals surface area contributed by atoms with Crippen molar-refractivity contribution >= 4 is 22.7 Å². The second-order valence-electron chi connectivity index (χ2n) is 12.6. The van der Waals surface area contributed by atoms with E-state index in [1.807, 2.05) is 66.8 Å². The number of pyridine rings is 1.